The lowest BCUT2D eigenvalue weighted by atomic mass is 10.1. The molecule has 1 heterocycles. The molecule has 0 spiro atoms. The van der Waals surface area contributed by atoms with E-state index in [1.54, 1.807) is 7.11 Å². The molecule has 1 N–H and O–H groups in total. The molecule has 1 aromatic carbocycles. The molecule has 3 nitrogen and oxygen atoms in total. The zero-order chi connectivity index (χ0) is 12.3. The van der Waals surface area contributed by atoms with Gasteiger partial charge in [0, 0.05) is 18.7 Å². The van der Waals surface area contributed by atoms with Crippen molar-refractivity contribution in [2.75, 3.05) is 20.3 Å². The van der Waals surface area contributed by atoms with Crippen molar-refractivity contribution in [2.45, 2.75) is 25.4 Å². The number of ether oxygens (including phenoxy) is 2. The maximum atomic E-state index is 5.36. The maximum Gasteiger partial charge on any atom is 0.133 e. The molecule has 0 bridgehead atoms. The van der Waals surface area contributed by atoms with Crippen LogP contribution in [-0.2, 0) is 4.74 Å². The van der Waals surface area contributed by atoms with E-state index in [1.165, 1.54) is 5.56 Å². The van der Waals surface area contributed by atoms with E-state index in [1.807, 2.05) is 6.07 Å². The van der Waals surface area contributed by atoms with Crippen molar-refractivity contribution in [1.82, 2.24) is 5.32 Å². The van der Waals surface area contributed by atoms with E-state index in [0.29, 0.717) is 12.1 Å². The van der Waals surface area contributed by atoms with Gasteiger partial charge in [-0.05, 0) is 47.0 Å². The van der Waals surface area contributed by atoms with Crippen molar-refractivity contribution < 1.29 is 9.47 Å². The summed E-state index contributed by atoms with van der Waals surface area (Å²) in [5.41, 5.74) is 1.25. The van der Waals surface area contributed by atoms with Crippen LogP contribution < -0.4 is 10.1 Å². The average molecular weight is 300 g/mol. The highest BCUT2D eigenvalue weighted by Crippen LogP contribution is 2.28. The number of hydrogen-bond acceptors (Lipinski definition) is 3. The Balaban J connectivity index is 2.02. The molecule has 4 heteroatoms. The third kappa shape index (κ3) is 3.21. The molecule has 0 aromatic heterocycles. The summed E-state index contributed by atoms with van der Waals surface area (Å²) in [5.74, 6) is 0.866. The van der Waals surface area contributed by atoms with Gasteiger partial charge in [0.1, 0.15) is 5.75 Å². The van der Waals surface area contributed by atoms with Gasteiger partial charge in [-0.15, -0.1) is 0 Å². The Morgan fingerprint density at radius 3 is 2.94 bits per heavy atom. The molecule has 0 amide bonds. The monoisotopic (exact) mass is 299 g/mol. The summed E-state index contributed by atoms with van der Waals surface area (Å²) in [7, 11) is 1.68. The first-order chi connectivity index (χ1) is 8.20. The second-order valence-electron chi connectivity index (χ2n) is 4.34. The Hall–Kier alpha value is -0.580. The van der Waals surface area contributed by atoms with Crippen LogP contribution in [0.1, 0.15) is 24.9 Å². The third-order valence-electron chi connectivity index (χ3n) is 3.09. The van der Waals surface area contributed by atoms with Crippen LogP contribution in [0.25, 0.3) is 0 Å². The number of hydrogen-bond donors (Lipinski definition) is 1. The second-order valence-corrected chi connectivity index (χ2v) is 5.20. The Kier molecular flexibility index (Phi) is 4.42. The molecular weight excluding hydrogens is 282 g/mol. The Bertz CT molecular complexity index is 378. The molecular formula is C13H18BrNO2. The van der Waals surface area contributed by atoms with Crippen LogP contribution in [0.3, 0.4) is 0 Å². The van der Waals surface area contributed by atoms with E-state index in [2.05, 4.69) is 40.3 Å². The van der Waals surface area contributed by atoms with E-state index < -0.39 is 0 Å². The lowest BCUT2D eigenvalue weighted by molar-refractivity contribution is 0.188. The second kappa shape index (κ2) is 5.85. The molecule has 1 aromatic rings. The molecule has 94 valence electrons. The molecule has 17 heavy (non-hydrogen) atoms. The van der Waals surface area contributed by atoms with Crippen LogP contribution in [0.4, 0.5) is 0 Å². The summed E-state index contributed by atoms with van der Waals surface area (Å²) in [6, 6.07) is 6.99. The molecule has 0 radical (unpaired) electrons. The fraction of sp³-hybridized carbons (Fsp3) is 0.538. The smallest absolute Gasteiger partial charge is 0.133 e. The summed E-state index contributed by atoms with van der Waals surface area (Å²) >= 11 is 3.51. The predicted molar refractivity (Wildman–Crippen MR) is 71.5 cm³/mol. The summed E-state index contributed by atoms with van der Waals surface area (Å²) in [4.78, 5) is 0. The van der Waals surface area contributed by atoms with Gasteiger partial charge >= 0.3 is 0 Å². The zero-order valence-corrected chi connectivity index (χ0v) is 11.8. The summed E-state index contributed by atoms with van der Waals surface area (Å²) in [6.45, 7) is 3.87. The van der Waals surface area contributed by atoms with Crippen molar-refractivity contribution in [1.29, 1.82) is 0 Å². The van der Waals surface area contributed by atoms with Crippen LogP contribution in [0.5, 0.6) is 5.75 Å². The number of halogens is 1. The van der Waals surface area contributed by atoms with Crippen LogP contribution in [0.2, 0.25) is 0 Å². The quantitative estimate of drug-likeness (QED) is 0.927. The topological polar surface area (TPSA) is 30.5 Å². The van der Waals surface area contributed by atoms with Crippen LogP contribution in [-0.4, -0.2) is 26.4 Å². The van der Waals surface area contributed by atoms with E-state index >= 15 is 0 Å². The number of rotatable bonds is 4. The SMILES string of the molecule is COc1ccc(C(C)NC2CCOC2)cc1Br. The van der Waals surface area contributed by atoms with Gasteiger partial charge in [0.25, 0.3) is 0 Å². The number of benzene rings is 1. The van der Waals surface area contributed by atoms with E-state index in [9.17, 15) is 0 Å². The summed E-state index contributed by atoms with van der Waals surface area (Å²) in [5, 5.41) is 3.57. The molecule has 1 saturated heterocycles. The largest absolute Gasteiger partial charge is 0.496 e. The molecule has 1 aliphatic heterocycles. The normalized spacial score (nSPS) is 21.5. The summed E-state index contributed by atoms with van der Waals surface area (Å²) < 4.78 is 11.6. The standard InChI is InChI=1S/C13H18BrNO2/c1-9(15-11-5-6-17-8-11)10-3-4-13(16-2)12(14)7-10/h3-4,7,9,11,15H,5-6,8H2,1-2H3. The maximum absolute atomic E-state index is 5.36. The Morgan fingerprint density at radius 2 is 2.35 bits per heavy atom. The molecule has 0 saturated carbocycles. The van der Waals surface area contributed by atoms with Gasteiger partial charge in [-0.1, -0.05) is 6.07 Å². The number of nitrogens with one attached hydrogen (secondary N) is 1. The van der Waals surface area contributed by atoms with Crippen LogP contribution >= 0.6 is 15.9 Å². The molecule has 0 aliphatic carbocycles. The van der Waals surface area contributed by atoms with Crippen molar-refractivity contribution in [3.05, 3.63) is 28.2 Å². The fourth-order valence-electron chi connectivity index (χ4n) is 2.07. The molecule has 2 unspecified atom stereocenters. The van der Waals surface area contributed by atoms with Crippen molar-refractivity contribution >= 4 is 15.9 Å². The van der Waals surface area contributed by atoms with Gasteiger partial charge in [0.15, 0.2) is 0 Å². The van der Waals surface area contributed by atoms with Gasteiger partial charge in [0.05, 0.1) is 18.2 Å². The van der Waals surface area contributed by atoms with Crippen LogP contribution in [0, 0.1) is 0 Å². The average Bonchev–Trinajstić information content (AvgIpc) is 2.81. The predicted octanol–water partition coefficient (Wildman–Crippen LogP) is 2.90. The zero-order valence-electron chi connectivity index (χ0n) is 10.2. The van der Waals surface area contributed by atoms with Crippen LogP contribution in [0.15, 0.2) is 22.7 Å². The Labute approximate surface area is 111 Å². The number of methoxy groups -OCH3 is 1. The Morgan fingerprint density at radius 1 is 1.53 bits per heavy atom. The third-order valence-corrected chi connectivity index (χ3v) is 3.71. The first-order valence-electron chi connectivity index (χ1n) is 5.88. The minimum absolute atomic E-state index is 0.323. The summed E-state index contributed by atoms with van der Waals surface area (Å²) in [6.07, 6.45) is 1.10. The first-order valence-corrected chi connectivity index (χ1v) is 6.67. The van der Waals surface area contributed by atoms with Gasteiger partial charge in [0.2, 0.25) is 0 Å². The van der Waals surface area contributed by atoms with Crippen molar-refractivity contribution in [3.63, 3.8) is 0 Å². The minimum Gasteiger partial charge on any atom is -0.496 e. The highest BCUT2D eigenvalue weighted by Gasteiger charge is 2.18. The highest BCUT2D eigenvalue weighted by atomic mass is 79.9. The van der Waals surface area contributed by atoms with E-state index in [-0.39, 0.29) is 0 Å². The fourth-order valence-corrected chi connectivity index (χ4v) is 2.63. The highest BCUT2D eigenvalue weighted by molar-refractivity contribution is 9.10. The lowest BCUT2D eigenvalue weighted by Gasteiger charge is -2.19. The molecule has 2 atom stereocenters. The van der Waals surface area contributed by atoms with Gasteiger partial charge in [-0.3, -0.25) is 0 Å². The van der Waals surface area contributed by atoms with Crippen molar-refractivity contribution in [3.8, 4) is 5.75 Å². The van der Waals surface area contributed by atoms with Crippen molar-refractivity contribution in [2.24, 2.45) is 0 Å². The molecule has 2 rings (SSSR count). The van der Waals surface area contributed by atoms with Gasteiger partial charge in [-0.2, -0.15) is 0 Å². The first kappa shape index (κ1) is 12.9. The van der Waals surface area contributed by atoms with Gasteiger partial charge < -0.3 is 14.8 Å². The van der Waals surface area contributed by atoms with Gasteiger partial charge in [-0.25, -0.2) is 0 Å². The molecule has 1 aliphatic rings. The van der Waals surface area contributed by atoms with E-state index in [0.717, 1.165) is 29.9 Å². The molecule has 1 fully saturated rings. The van der Waals surface area contributed by atoms with E-state index in [4.69, 9.17) is 9.47 Å². The lowest BCUT2D eigenvalue weighted by Crippen LogP contribution is -2.31. The minimum atomic E-state index is 0.323.